The molecule has 0 saturated carbocycles. The molecule has 0 atom stereocenters. The van der Waals surface area contributed by atoms with Gasteiger partial charge in [0.25, 0.3) is 0 Å². The van der Waals surface area contributed by atoms with E-state index in [1.807, 2.05) is 0 Å². The van der Waals surface area contributed by atoms with Crippen molar-refractivity contribution in [1.82, 2.24) is 0 Å². The molecule has 2 heterocycles. The highest BCUT2D eigenvalue weighted by atomic mass is 16.4. The minimum atomic E-state index is -0.660. The summed E-state index contributed by atoms with van der Waals surface area (Å²) in [7, 11) is 0. The van der Waals surface area contributed by atoms with E-state index in [1.165, 1.54) is 0 Å². The molecule has 23 heavy (non-hydrogen) atoms. The standard InChI is InChI=1S/C18H8O5/c19-15-8-4-1-2-5-9(8)16-13-12-10(17(20)23-16)6-3-7-11(12)22-18(21)14(13)15/h1-7,19H. The van der Waals surface area contributed by atoms with Crippen molar-refractivity contribution in [2.45, 2.75) is 0 Å². The summed E-state index contributed by atoms with van der Waals surface area (Å²) in [5.74, 6) is -0.164. The van der Waals surface area contributed by atoms with Gasteiger partial charge in [-0.1, -0.05) is 30.3 Å². The average molecular weight is 304 g/mol. The predicted octanol–water partition coefficient (Wildman–Crippen LogP) is 3.35. The number of phenolic OH excluding ortho intramolecular Hbond substituents is 1. The van der Waals surface area contributed by atoms with Crippen molar-refractivity contribution < 1.29 is 13.9 Å². The van der Waals surface area contributed by atoms with Gasteiger partial charge in [-0.15, -0.1) is 0 Å². The third-order valence-corrected chi connectivity index (χ3v) is 4.24. The van der Waals surface area contributed by atoms with Gasteiger partial charge in [0.05, 0.1) is 5.39 Å². The van der Waals surface area contributed by atoms with Crippen LogP contribution in [0.15, 0.2) is 60.9 Å². The van der Waals surface area contributed by atoms with Gasteiger partial charge in [0.1, 0.15) is 22.3 Å². The third kappa shape index (κ3) is 1.36. The summed E-state index contributed by atoms with van der Waals surface area (Å²) in [5.41, 5.74) is -0.580. The third-order valence-electron chi connectivity index (χ3n) is 4.24. The molecule has 0 spiro atoms. The molecule has 0 fully saturated rings. The second kappa shape index (κ2) is 3.89. The van der Waals surface area contributed by atoms with E-state index in [4.69, 9.17) is 8.83 Å². The Morgan fingerprint density at radius 3 is 2.26 bits per heavy atom. The monoisotopic (exact) mass is 304 g/mol. The van der Waals surface area contributed by atoms with Crippen LogP contribution in [0.2, 0.25) is 0 Å². The van der Waals surface area contributed by atoms with Crippen LogP contribution in [0.25, 0.3) is 43.5 Å². The van der Waals surface area contributed by atoms with Crippen LogP contribution in [0.3, 0.4) is 0 Å². The van der Waals surface area contributed by atoms with Crippen molar-refractivity contribution in [3.05, 3.63) is 63.3 Å². The summed E-state index contributed by atoms with van der Waals surface area (Å²) in [6.07, 6.45) is 0. The van der Waals surface area contributed by atoms with Gasteiger partial charge in [0.15, 0.2) is 0 Å². The van der Waals surface area contributed by atoms with Crippen LogP contribution in [0.4, 0.5) is 0 Å². The minimum Gasteiger partial charge on any atom is -0.506 e. The molecule has 5 nitrogen and oxygen atoms in total. The Hall–Kier alpha value is -3.34. The Labute approximate surface area is 127 Å². The van der Waals surface area contributed by atoms with Gasteiger partial charge in [-0.25, -0.2) is 9.59 Å². The van der Waals surface area contributed by atoms with Crippen LogP contribution in [0.1, 0.15) is 0 Å². The van der Waals surface area contributed by atoms with E-state index in [0.717, 1.165) is 0 Å². The molecule has 3 aromatic carbocycles. The molecule has 0 amide bonds. The van der Waals surface area contributed by atoms with E-state index in [2.05, 4.69) is 0 Å². The lowest BCUT2D eigenvalue weighted by molar-refractivity contribution is 0.483. The molecule has 110 valence electrons. The first kappa shape index (κ1) is 12.2. The predicted molar refractivity (Wildman–Crippen MR) is 86.4 cm³/mol. The first-order valence-electron chi connectivity index (χ1n) is 7.02. The molecule has 5 aromatic rings. The van der Waals surface area contributed by atoms with E-state index < -0.39 is 11.3 Å². The second-order valence-electron chi connectivity index (χ2n) is 5.43. The molecule has 0 saturated heterocycles. The summed E-state index contributed by atoms with van der Waals surface area (Å²) in [5, 5.41) is 12.8. The zero-order valence-corrected chi connectivity index (χ0v) is 11.6. The Bertz CT molecular complexity index is 1360. The summed E-state index contributed by atoms with van der Waals surface area (Å²) in [6.45, 7) is 0. The van der Waals surface area contributed by atoms with Crippen LogP contribution < -0.4 is 11.3 Å². The average Bonchev–Trinajstić information content (AvgIpc) is 2.56. The Morgan fingerprint density at radius 1 is 0.696 bits per heavy atom. The first-order valence-corrected chi connectivity index (χ1v) is 7.02. The van der Waals surface area contributed by atoms with E-state index in [-0.39, 0.29) is 16.7 Å². The molecular weight excluding hydrogens is 296 g/mol. The molecule has 0 aliphatic heterocycles. The van der Waals surface area contributed by atoms with E-state index in [0.29, 0.717) is 32.5 Å². The van der Waals surface area contributed by atoms with Gasteiger partial charge < -0.3 is 13.9 Å². The highest BCUT2D eigenvalue weighted by Crippen LogP contribution is 2.40. The highest BCUT2D eigenvalue weighted by molar-refractivity contribution is 6.27. The maximum Gasteiger partial charge on any atom is 0.348 e. The number of hydrogen-bond donors (Lipinski definition) is 1. The van der Waals surface area contributed by atoms with Crippen molar-refractivity contribution in [3.8, 4) is 5.75 Å². The summed E-state index contributed by atoms with van der Waals surface area (Å²) >= 11 is 0. The van der Waals surface area contributed by atoms with Gasteiger partial charge in [-0.05, 0) is 12.1 Å². The Balaban J connectivity index is 2.35. The number of hydrogen-bond acceptors (Lipinski definition) is 5. The molecule has 5 rings (SSSR count). The SMILES string of the molecule is O=c1oc2c3ccccc3c(O)c3c(=O)oc4cccc1c4c32. The summed E-state index contributed by atoms with van der Waals surface area (Å²) in [4.78, 5) is 24.7. The lowest BCUT2D eigenvalue weighted by Crippen LogP contribution is -2.07. The minimum absolute atomic E-state index is 0.0335. The van der Waals surface area contributed by atoms with Crippen LogP contribution in [-0.4, -0.2) is 5.11 Å². The number of fused-ring (bicyclic) bond motifs is 2. The number of aromatic hydroxyl groups is 1. The fourth-order valence-electron chi connectivity index (χ4n) is 3.27. The molecule has 1 N–H and O–H groups in total. The van der Waals surface area contributed by atoms with E-state index >= 15 is 0 Å². The van der Waals surface area contributed by atoms with Crippen LogP contribution in [0.5, 0.6) is 5.75 Å². The van der Waals surface area contributed by atoms with Crippen molar-refractivity contribution >= 4 is 43.5 Å². The molecular formula is C18H8O5. The second-order valence-corrected chi connectivity index (χ2v) is 5.43. The van der Waals surface area contributed by atoms with Crippen LogP contribution in [-0.2, 0) is 0 Å². The smallest absolute Gasteiger partial charge is 0.348 e. The van der Waals surface area contributed by atoms with Gasteiger partial charge in [-0.2, -0.15) is 0 Å². The molecule has 2 aromatic heterocycles. The van der Waals surface area contributed by atoms with Crippen LogP contribution >= 0.6 is 0 Å². The first-order chi connectivity index (χ1) is 11.2. The molecule has 0 bridgehead atoms. The fraction of sp³-hybridized carbons (Fsp3) is 0. The van der Waals surface area contributed by atoms with Crippen LogP contribution in [0, 0.1) is 0 Å². The Kier molecular flexibility index (Phi) is 2.07. The van der Waals surface area contributed by atoms with Crippen molar-refractivity contribution in [2.24, 2.45) is 0 Å². The van der Waals surface area contributed by atoms with Gasteiger partial charge in [0, 0.05) is 21.5 Å². The Morgan fingerprint density at radius 2 is 1.43 bits per heavy atom. The quantitative estimate of drug-likeness (QED) is 0.269. The van der Waals surface area contributed by atoms with Gasteiger partial charge in [-0.3, -0.25) is 0 Å². The topological polar surface area (TPSA) is 80.6 Å². The molecule has 0 aliphatic rings. The maximum atomic E-state index is 12.4. The van der Waals surface area contributed by atoms with E-state index in [9.17, 15) is 14.7 Å². The number of rotatable bonds is 0. The molecule has 0 aliphatic carbocycles. The summed E-state index contributed by atoms with van der Waals surface area (Å²) < 4.78 is 10.8. The van der Waals surface area contributed by atoms with Crippen molar-refractivity contribution in [3.63, 3.8) is 0 Å². The lowest BCUT2D eigenvalue weighted by Gasteiger charge is -2.11. The molecule has 5 heteroatoms. The normalized spacial score (nSPS) is 12.0. The zero-order valence-electron chi connectivity index (χ0n) is 11.6. The van der Waals surface area contributed by atoms with Gasteiger partial charge >= 0.3 is 11.3 Å². The van der Waals surface area contributed by atoms with E-state index in [1.54, 1.807) is 42.5 Å². The number of phenols is 1. The molecule has 0 unspecified atom stereocenters. The van der Waals surface area contributed by atoms with Gasteiger partial charge in [0.2, 0.25) is 0 Å². The van der Waals surface area contributed by atoms with Crippen molar-refractivity contribution in [2.75, 3.05) is 0 Å². The summed E-state index contributed by atoms with van der Waals surface area (Å²) in [6, 6.07) is 11.8. The largest absolute Gasteiger partial charge is 0.506 e. The molecule has 0 radical (unpaired) electrons. The van der Waals surface area contributed by atoms with Crippen molar-refractivity contribution in [1.29, 1.82) is 0 Å². The highest BCUT2D eigenvalue weighted by Gasteiger charge is 2.22. The fourth-order valence-corrected chi connectivity index (χ4v) is 3.27. The number of benzene rings is 3. The lowest BCUT2D eigenvalue weighted by atomic mass is 9.98. The zero-order chi connectivity index (χ0) is 15.7. The maximum absolute atomic E-state index is 12.4.